The summed E-state index contributed by atoms with van der Waals surface area (Å²) in [7, 11) is 0. The number of rotatable bonds is 2. The summed E-state index contributed by atoms with van der Waals surface area (Å²) in [4.78, 5) is 12.4. The molecule has 1 aromatic carbocycles. The number of hydrogen-bond donors (Lipinski definition) is 0. The molecule has 3 aromatic rings. The van der Waals surface area contributed by atoms with Crippen molar-refractivity contribution in [2.45, 2.75) is 39.7 Å². The van der Waals surface area contributed by atoms with Gasteiger partial charge in [0.1, 0.15) is 6.54 Å². The first-order chi connectivity index (χ1) is 11.6. The second-order valence-corrected chi connectivity index (χ2v) is 6.24. The molecule has 0 saturated heterocycles. The third kappa shape index (κ3) is 2.64. The Bertz CT molecular complexity index is 971. The van der Waals surface area contributed by atoms with E-state index < -0.39 is 0 Å². The Hall–Kier alpha value is -2.76. The molecule has 24 heavy (non-hydrogen) atoms. The minimum Gasteiger partial charge on any atom is -0.424 e. The number of aryl methyl sites for hydroxylation is 4. The van der Waals surface area contributed by atoms with Crippen LogP contribution in [0.25, 0.3) is 11.3 Å². The van der Waals surface area contributed by atoms with E-state index in [9.17, 15) is 4.79 Å². The van der Waals surface area contributed by atoms with Crippen molar-refractivity contribution >= 4 is 0 Å². The summed E-state index contributed by atoms with van der Waals surface area (Å²) in [6, 6.07) is 8.14. The Morgan fingerprint density at radius 2 is 1.96 bits per heavy atom. The van der Waals surface area contributed by atoms with E-state index in [-0.39, 0.29) is 12.1 Å². The molecule has 2 aromatic heterocycles. The van der Waals surface area contributed by atoms with Crippen LogP contribution in [0, 0.1) is 13.8 Å². The van der Waals surface area contributed by atoms with Crippen molar-refractivity contribution in [3.05, 3.63) is 63.1 Å². The molecule has 122 valence electrons. The molecule has 6 heteroatoms. The van der Waals surface area contributed by atoms with Gasteiger partial charge < -0.3 is 4.42 Å². The molecular formula is C18H18N4O2. The first-order valence-corrected chi connectivity index (χ1v) is 8.10. The highest BCUT2D eigenvalue weighted by Gasteiger charge is 2.18. The second-order valence-electron chi connectivity index (χ2n) is 6.24. The molecule has 0 atom stereocenters. The fourth-order valence-electron chi connectivity index (χ4n) is 3.18. The van der Waals surface area contributed by atoms with Crippen molar-refractivity contribution in [1.29, 1.82) is 0 Å². The maximum atomic E-state index is 12.4. The van der Waals surface area contributed by atoms with Crippen LogP contribution in [-0.4, -0.2) is 20.0 Å². The average Bonchev–Trinajstić information content (AvgIpc) is 2.88. The minimum absolute atomic E-state index is 0.138. The van der Waals surface area contributed by atoms with Gasteiger partial charge in [0.05, 0.1) is 5.69 Å². The van der Waals surface area contributed by atoms with Crippen molar-refractivity contribution < 1.29 is 4.42 Å². The Kier molecular flexibility index (Phi) is 3.52. The van der Waals surface area contributed by atoms with E-state index in [1.807, 2.05) is 0 Å². The lowest BCUT2D eigenvalue weighted by molar-refractivity contribution is 0.438. The van der Waals surface area contributed by atoms with E-state index in [1.54, 1.807) is 13.0 Å². The van der Waals surface area contributed by atoms with Crippen LogP contribution >= 0.6 is 0 Å². The first kappa shape index (κ1) is 14.8. The average molecular weight is 322 g/mol. The Morgan fingerprint density at radius 1 is 1.12 bits per heavy atom. The van der Waals surface area contributed by atoms with Gasteiger partial charge in [-0.1, -0.05) is 17.7 Å². The third-order valence-corrected chi connectivity index (χ3v) is 4.34. The lowest BCUT2D eigenvalue weighted by Gasteiger charge is -2.11. The first-order valence-electron chi connectivity index (χ1n) is 8.10. The van der Waals surface area contributed by atoms with Gasteiger partial charge >= 0.3 is 0 Å². The number of nitrogens with zero attached hydrogens (tertiary/aromatic N) is 4. The van der Waals surface area contributed by atoms with Crippen LogP contribution in [0.15, 0.2) is 33.5 Å². The van der Waals surface area contributed by atoms with Crippen molar-refractivity contribution in [3.8, 4) is 11.3 Å². The summed E-state index contributed by atoms with van der Waals surface area (Å²) in [6.07, 6.45) is 2.89. The normalized spacial score (nSPS) is 13.2. The highest BCUT2D eigenvalue weighted by molar-refractivity contribution is 5.68. The van der Waals surface area contributed by atoms with Gasteiger partial charge in [-0.25, -0.2) is 4.68 Å². The zero-order valence-electron chi connectivity index (χ0n) is 13.7. The smallest absolute Gasteiger partial charge is 0.267 e. The molecule has 1 aliphatic carbocycles. The van der Waals surface area contributed by atoms with E-state index >= 15 is 0 Å². The standard InChI is InChI=1S/C18H18N4O2/c1-11-6-7-13-4-3-5-14-9-17(23)22(21-18(14)15(13)8-11)10-16-20-19-12(2)24-16/h6-9H,3-5,10H2,1-2H3. The van der Waals surface area contributed by atoms with E-state index in [0.29, 0.717) is 11.8 Å². The molecule has 1 aliphatic rings. The summed E-state index contributed by atoms with van der Waals surface area (Å²) in [5.74, 6) is 0.869. The zero-order chi connectivity index (χ0) is 16.7. The summed E-state index contributed by atoms with van der Waals surface area (Å²) < 4.78 is 6.78. The van der Waals surface area contributed by atoms with Crippen molar-refractivity contribution in [2.75, 3.05) is 0 Å². The van der Waals surface area contributed by atoms with E-state index in [1.165, 1.54) is 15.8 Å². The lowest BCUT2D eigenvalue weighted by Crippen LogP contribution is -2.24. The summed E-state index contributed by atoms with van der Waals surface area (Å²) >= 11 is 0. The molecule has 0 bridgehead atoms. The molecule has 2 heterocycles. The SMILES string of the molecule is Cc1ccc2c(c1)-c1nn(Cc3nnc(C)o3)c(=O)cc1CCC2. The highest BCUT2D eigenvalue weighted by atomic mass is 16.4. The fraction of sp³-hybridized carbons (Fsp3) is 0.333. The van der Waals surface area contributed by atoms with Crippen molar-refractivity contribution in [2.24, 2.45) is 0 Å². The molecule has 0 saturated carbocycles. The van der Waals surface area contributed by atoms with Gasteiger partial charge in [-0.3, -0.25) is 4.79 Å². The summed E-state index contributed by atoms with van der Waals surface area (Å²) in [6.45, 7) is 3.99. The summed E-state index contributed by atoms with van der Waals surface area (Å²) in [5.41, 5.74) is 5.36. The van der Waals surface area contributed by atoms with Crippen LogP contribution in [0.2, 0.25) is 0 Å². The Balaban J connectivity index is 1.85. The Morgan fingerprint density at radius 3 is 2.75 bits per heavy atom. The third-order valence-electron chi connectivity index (χ3n) is 4.34. The van der Waals surface area contributed by atoms with Crippen LogP contribution in [0.5, 0.6) is 0 Å². The van der Waals surface area contributed by atoms with Crippen LogP contribution in [0.4, 0.5) is 0 Å². The van der Waals surface area contributed by atoms with E-state index in [2.05, 4.69) is 40.4 Å². The maximum Gasteiger partial charge on any atom is 0.267 e. The topological polar surface area (TPSA) is 73.8 Å². The molecule has 6 nitrogen and oxygen atoms in total. The van der Waals surface area contributed by atoms with Crippen molar-refractivity contribution in [1.82, 2.24) is 20.0 Å². The second kappa shape index (κ2) is 5.70. The largest absolute Gasteiger partial charge is 0.424 e. The predicted molar refractivity (Wildman–Crippen MR) is 88.8 cm³/mol. The lowest BCUT2D eigenvalue weighted by atomic mass is 10.00. The number of aromatic nitrogens is 4. The van der Waals surface area contributed by atoms with Gasteiger partial charge in [0, 0.05) is 18.6 Å². The maximum absolute atomic E-state index is 12.4. The van der Waals surface area contributed by atoms with E-state index in [4.69, 9.17) is 4.42 Å². The molecule has 0 N–H and O–H groups in total. The monoisotopic (exact) mass is 322 g/mol. The molecule has 4 rings (SSSR count). The molecule has 0 amide bonds. The van der Waals surface area contributed by atoms with Crippen LogP contribution in [0.1, 0.15) is 34.9 Å². The fourth-order valence-corrected chi connectivity index (χ4v) is 3.18. The van der Waals surface area contributed by atoms with Gasteiger partial charge in [-0.05, 0) is 43.4 Å². The zero-order valence-corrected chi connectivity index (χ0v) is 13.7. The molecule has 0 unspecified atom stereocenters. The van der Waals surface area contributed by atoms with Gasteiger partial charge in [-0.2, -0.15) is 5.10 Å². The Labute approximate surface area is 139 Å². The molecule has 0 fully saturated rings. The molecule has 0 radical (unpaired) electrons. The number of hydrogen-bond acceptors (Lipinski definition) is 5. The summed E-state index contributed by atoms with van der Waals surface area (Å²) in [5, 5.41) is 12.4. The van der Waals surface area contributed by atoms with Gasteiger partial charge in [-0.15, -0.1) is 10.2 Å². The van der Waals surface area contributed by atoms with Gasteiger partial charge in [0.25, 0.3) is 5.56 Å². The van der Waals surface area contributed by atoms with Crippen LogP contribution in [0.3, 0.4) is 0 Å². The van der Waals surface area contributed by atoms with Gasteiger partial charge in [0.15, 0.2) is 0 Å². The highest BCUT2D eigenvalue weighted by Crippen LogP contribution is 2.30. The quantitative estimate of drug-likeness (QED) is 0.724. The number of benzene rings is 1. The predicted octanol–water partition coefficient (Wildman–Crippen LogP) is 2.45. The van der Waals surface area contributed by atoms with Crippen LogP contribution in [-0.2, 0) is 19.4 Å². The molecule has 0 aliphatic heterocycles. The number of fused-ring (bicyclic) bond motifs is 3. The van der Waals surface area contributed by atoms with Gasteiger partial charge in [0.2, 0.25) is 11.8 Å². The van der Waals surface area contributed by atoms with Crippen LogP contribution < -0.4 is 5.56 Å². The molecule has 0 spiro atoms. The minimum atomic E-state index is -0.138. The van der Waals surface area contributed by atoms with E-state index in [0.717, 1.165) is 36.1 Å². The molecular weight excluding hydrogens is 304 g/mol. The van der Waals surface area contributed by atoms with Crippen molar-refractivity contribution in [3.63, 3.8) is 0 Å².